The molecule has 0 atom stereocenters. The van der Waals surface area contributed by atoms with Crippen molar-refractivity contribution < 1.29 is 13.6 Å². The predicted molar refractivity (Wildman–Crippen MR) is 85.8 cm³/mol. The number of carbonyl (C=O) groups excluding carboxylic acids is 1. The first kappa shape index (κ1) is 15.1. The molecule has 2 aromatic heterocycles. The van der Waals surface area contributed by atoms with Crippen LogP contribution in [0.5, 0.6) is 0 Å². The van der Waals surface area contributed by atoms with Crippen molar-refractivity contribution in [3.05, 3.63) is 58.4 Å². The van der Waals surface area contributed by atoms with Crippen LogP contribution in [0.3, 0.4) is 0 Å². The average Bonchev–Trinajstić information content (AvgIpc) is 3.13. The number of thiazole rings is 1. The quantitative estimate of drug-likeness (QED) is 0.774. The summed E-state index contributed by atoms with van der Waals surface area (Å²) in [5.41, 5.74) is 1.79. The minimum Gasteiger partial charge on any atom is -0.332 e. The summed E-state index contributed by atoms with van der Waals surface area (Å²) in [5, 5.41) is 4.75. The standard InChI is InChI=1S/C16H14F2N4OS/c17-11-5-10-8-21(2-1-13(10)14(18)6-11)15(23)19-7-12-9-22-3-4-24-16(22)20-12/h3-6,9H,1-2,7-8H2,(H,19,23). The molecule has 24 heavy (non-hydrogen) atoms. The van der Waals surface area contributed by atoms with Crippen molar-refractivity contribution in [2.24, 2.45) is 0 Å². The molecule has 1 aliphatic rings. The highest BCUT2D eigenvalue weighted by Gasteiger charge is 2.23. The Balaban J connectivity index is 1.42. The summed E-state index contributed by atoms with van der Waals surface area (Å²) >= 11 is 1.52. The van der Waals surface area contributed by atoms with Crippen molar-refractivity contribution in [2.45, 2.75) is 19.5 Å². The smallest absolute Gasteiger partial charge is 0.318 e. The number of carbonyl (C=O) groups is 1. The van der Waals surface area contributed by atoms with E-state index in [0.29, 0.717) is 30.6 Å². The lowest BCUT2D eigenvalue weighted by molar-refractivity contribution is 0.191. The minimum absolute atomic E-state index is 0.203. The van der Waals surface area contributed by atoms with E-state index in [9.17, 15) is 13.6 Å². The van der Waals surface area contributed by atoms with Crippen molar-refractivity contribution in [3.8, 4) is 0 Å². The third kappa shape index (κ3) is 2.73. The topological polar surface area (TPSA) is 49.6 Å². The van der Waals surface area contributed by atoms with Crippen LogP contribution in [0, 0.1) is 11.6 Å². The summed E-state index contributed by atoms with van der Waals surface area (Å²) in [5.74, 6) is -1.16. The maximum absolute atomic E-state index is 13.7. The van der Waals surface area contributed by atoms with Crippen LogP contribution in [0.2, 0.25) is 0 Å². The van der Waals surface area contributed by atoms with Gasteiger partial charge in [-0.3, -0.25) is 4.40 Å². The first-order valence-corrected chi connectivity index (χ1v) is 8.39. The molecule has 0 radical (unpaired) electrons. The molecule has 124 valence electrons. The first-order valence-electron chi connectivity index (χ1n) is 7.51. The second-order valence-electron chi connectivity index (χ2n) is 5.68. The highest BCUT2D eigenvalue weighted by Crippen LogP contribution is 2.23. The average molecular weight is 348 g/mol. The molecule has 1 N–H and O–H groups in total. The number of rotatable bonds is 2. The monoisotopic (exact) mass is 348 g/mol. The highest BCUT2D eigenvalue weighted by atomic mass is 32.1. The van der Waals surface area contributed by atoms with E-state index in [1.54, 1.807) is 4.90 Å². The molecule has 0 aliphatic carbocycles. The number of hydrogen-bond acceptors (Lipinski definition) is 3. The zero-order chi connectivity index (χ0) is 16.7. The Labute approximate surface area is 140 Å². The second kappa shape index (κ2) is 5.86. The molecule has 0 saturated carbocycles. The molecule has 3 aromatic rings. The van der Waals surface area contributed by atoms with Crippen LogP contribution < -0.4 is 5.32 Å². The van der Waals surface area contributed by atoms with Gasteiger partial charge in [0.05, 0.1) is 12.2 Å². The number of hydrogen-bond donors (Lipinski definition) is 1. The van der Waals surface area contributed by atoms with Crippen LogP contribution in [0.1, 0.15) is 16.8 Å². The van der Waals surface area contributed by atoms with Gasteiger partial charge in [-0.15, -0.1) is 11.3 Å². The highest BCUT2D eigenvalue weighted by molar-refractivity contribution is 7.15. The van der Waals surface area contributed by atoms with Crippen LogP contribution in [0.4, 0.5) is 13.6 Å². The predicted octanol–water partition coefficient (Wildman–Crippen LogP) is 2.94. The third-order valence-electron chi connectivity index (χ3n) is 4.10. The molecular weight excluding hydrogens is 334 g/mol. The van der Waals surface area contributed by atoms with E-state index in [1.165, 1.54) is 17.4 Å². The number of aromatic nitrogens is 2. The van der Waals surface area contributed by atoms with Crippen LogP contribution in [-0.2, 0) is 19.5 Å². The molecule has 0 spiro atoms. The van der Waals surface area contributed by atoms with Crippen LogP contribution in [0.25, 0.3) is 4.96 Å². The Hall–Kier alpha value is -2.48. The van der Waals surface area contributed by atoms with E-state index in [4.69, 9.17) is 0 Å². The zero-order valence-corrected chi connectivity index (χ0v) is 13.4. The molecule has 0 bridgehead atoms. The van der Waals surface area contributed by atoms with E-state index >= 15 is 0 Å². The lowest BCUT2D eigenvalue weighted by Gasteiger charge is -2.29. The number of amides is 2. The molecule has 5 nitrogen and oxygen atoms in total. The van der Waals surface area contributed by atoms with E-state index in [1.807, 2.05) is 22.2 Å². The van der Waals surface area contributed by atoms with Gasteiger partial charge in [-0.1, -0.05) is 0 Å². The van der Waals surface area contributed by atoms with Gasteiger partial charge < -0.3 is 10.2 Å². The molecule has 3 heterocycles. The van der Waals surface area contributed by atoms with Gasteiger partial charge in [0.1, 0.15) is 11.6 Å². The number of imidazole rings is 1. The SMILES string of the molecule is O=C(NCc1cn2ccsc2n1)N1CCc2c(F)cc(F)cc2C1. The van der Waals surface area contributed by atoms with Gasteiger partial charge in [0.2, 0.25) is 0 Å². The van der Waals surface area contributed by atoms with Crippen molar-refractivity contribution in [3.63, 3.8) is 0 Å². The molecule has 0 unspecified atom stereocenters. The van der Waals surface area contributed by atoms with E-state index < -0.39 is 11.6 Å². The van der Waals surface area contributed by atoms with Crippen LogP contribution in [-0.4, -0.2) is 26.9 Å². The van der Waals surface area contributed by atoms with E-state index in [2.05, 4.69) is 10.3 Å². The largest absolute Gasteiger partial charge is 0.332 e. The summed E-state index contributed by atoms with van der Waals surface area (Å²) in [6.07, 6.45) is 4.15. The Morgan fingerprint density at radius 3 is 3.08 bits per heavy atom. The maximum atomic E-state index is 13.7. The van der Waals surface area contributed by atoms with Crippen molar-refractivity contribution in [2.75, 3.05) is 6.54 Å². The van der Waals surface area contributed by atoms with Gasteiger partial charge >= 0.3 is 6.03 Å². The van der Waals surface area contributed by atoms with Gasteiger partial charge in [0, 0.05) is 36.9 Å². The lowest BCUT2D eigenvalue weighted by Crippen LogP contribution is -2.42. The molecule has 1 aliphatic heterocycles. The first-order chi connectivity index (χ1) is 11.6. The summed E-state index contributed by atoms with van der Waals surface area (Å²) in [6.45, 7) is 0.919. The van der Waals surface area contributed by atoms with Crippen LogP contribution >= 0.6 is 11.3 Å². The molecule has 4 rings (SSSR count). The maximum Gasteiger partial charge on any atom is 0.318 e. The molecule has 0 fully saturated rings. The number of fused-ring (bicyclic) bond motifs is 2. The summed E-state index contributed by atoms with van der Waals surface area (Å²) in [4.78, 5) is 19.1. The Bertz CT molecular complexity index is 892. The zero-order valence-electron chi connectivity index (χ0n) is 12.6. The van der Waals surface area contributed by atoms with Crippen LogP contribution in [0.15, 0.2) is 29.9 Å². The Morgan fingerprint density at radius 1 is 1.38 bits per heavy atom. The number of urea groups is 1. The van der Waals surface area contributed by atoms with E-state index in [0.717, 1.165) is 16.7 Å². The number of benzene rings is 1. The Kier molecular flexibility index (Phi) is 3.68. The van der Waals surface area contributed by atoms with Gasteiger partial charge in [-0.2, -0.15) is 0 Å². The fraction of sp³-hybridized carbons (Fsp3) is 0.250. The number of nitrogens with zero attached hydrogens (tertiary/aromatic N) is 3. The van der Waals surface area contributed by atoms with Gasteiger partial charge in [0.25, 0.3) is 0 Å². The normalized spacial score (nSPS) is 14.0. The second-order valence-corrected chi connectivity index (χ2v) is 6.55. The van der Waals surface area contributed by atoms with Crippen molar-refractivity contribution in [1.29, 1.82) is 0 Å². The lowest BCUT2D eigenvalue weighted by atomic mass is 9.99. The van der Waals surface area contributed by atoms with E-state index in [-0.39, 0.29) is 12.6 Å². The molecule has 2 amide bonds. The molecule has 0 saturated heterocycles. The molecule has 8 heteroatoms. The summed E-state index contributed by atoms with van der Waals surface area (Å²) in [7, 11) is 0. The van der Waals surface area contributed by atoms with Crippen molar-refractivity contribution in [1.82, 2.24) is 19.6 Å². The summed E-state index contributed by atoms with van der Waals surface area (Å²) < 4.78 is 29.0. The number of halogens is 2. The fourth-order valence-corrected chi connectivity index (χ4v) is 3.64. The summed E-state index contributed by atoms with van der Waals surface area (Å²) in [6, 6.07) is 1.92. The Morgan fingerprint density at radius 2 is 2.25 bits per heavy atom. The van der Waals surface area contributed by atoms with Gasteiger partial charge in [-0.05, 0) is 23.6 Å². The third-order valence-corrected chi connectivity index (χ3v) is 4.87. The van der Waals surface area contributed by atoms with Gasteiger partial charge in [-0.25, -0.2) is 18.6 Å². The minimum atomic E-state index is -0.619. The van der Waals surface area contributed by atoms with Gasteiger partial charge in [0.15, 0.2) is 4.96 Å². The molecule has 1 aromatic carbocycles. The van der Waals surface area contributed by atoms with Crippen molar-refractivity contribution >= 4 is 22.3 Å². The molecular formula is C16H14F2N4OS. The fourth-order valence-electron chi connectivity index (χ4n) is 2.92. The number of nitrogens with one attached hydrogen (secondary N) is 1.